The first-order valence-electron chi connectivity index (χ1n) is 5.48. The number of aliphatic hydroxyl groups is 1. The minimum Gasteiger partial charge on any atom is -0.548 e. The van der Waals surface area contributed by atoms with E-state index in [4.69, 9.17) is 0 Å². The topological polar surface area (TPSA) is 97.7 Å². The van der Waals surface area contributed by atoms with Crippen LogP contribution in [0.4, 0.5) is 4.39 Å². The Labute approximate surface area is 109 Å². The Hall–Kier alpha value is -1.51. The van der Waals surface area contributed by atoms with Gasteiger partial charge in [0.25, 0.3) is 0 Å². The fraction of sp³-hybridized carbons (Fsp3) is 0.364. The van der Waals surface area contributed by atoms with Crippen LogP contribution in [0.3, 0.4) is 0 Å². The lowest BCUT2D eigenvalue weighted by Gasteiger charge is -2.24. The summed E-state index contributed by atoms with van der Waals surface area (Å²) in [7, 11) is -4.10. The predicted octanol–water partition coefficient (Wildman–Crippen LogP) is -1.30. The van der Waals surface area contributed by atoms with Crippen LogP contribution in [-0.2, 0) is 14.8 Å². The third kappa shape index (κ3) is 2.60. The molecule has 0 radical (unpaired) electrons. The molecule has 1 aromatic carbocycles. The monoisotopic (exact) mass is 288 g/mol. The first-order chi connectivity index (χ1) is 8.82. The molecule has 1 aliphatic rings. The maximum Gasteiger partial charge on any atom is 0.243 e. The van der Waals surface area contributed by atoms with Gasteiger partial charge in [0.15, 0.2) is 0 Å². The van der Waals surface area contributed by atoms with Crippen LogP contribution in [0.25, 0.3) is 0 Å². The van der Waals surface area contributed by atoms with Crippen LogP contribution < -0.4 is 5.11 Å². The molecular weight excluding hydrogens is 277 g/mol. The molecule has 1 aromatic rings. The molecule has 2 atom stereocenters. The summed E-state index contributed by atoms with van der Waals surface area (Å²) in [6, 6.07) is 2.61. The molecule has 1 fully saturated rings. The average molecular weight is 288 g/mol. The summed E-state index contributed by atoms with van der Waals surface area (Å²) < 4.78 is 37.8. The minimum absolute atomic E-state index is 0.219. The van der Waals surface area contributed by atoms with Gasteiger partial charge in [-0.15, -0.1) is 0 Å². The van der Waals surface area contributed by atoms with Gasteiger partial charge in [-0.2, -0.15) is 4.31 Å². The number of carbonyl (C=O) groups excluding carboxylic acids is 1. The zero-order chi connectivity index (χ0) is 14.2. The van der Waals surface area contributed by atoms with E-state index in [2.05, 4.69) is 0 Å². The van der Waals surface area contributed by atoms with E-state index >= 15 is 0 Å². The van der Waals surface area contributed by atoms with Crippen molar-refractivity contribution in [2.45, 2.75) is 23.5 Å². The average Bonchev–Trinajstić information content (AvgIpc) is 2.73. The highest BCUT2D eigenvalue weighted by Gasteiger charge is 2.40. The van der Waals surface area contributed by atoms with Crippen LogP contribution in [-0.4, -0.2) is 42.5 Å². The van der Waals surface area contributed by atoms with Gasteiger partial charge in [0.2, 0.25) is 10.0 Å². The maximum atomic E-state index is 12.8. The molecule has 0 spiro atoms. The molecule has 1 aliphatic heterocycles. The number of benzene rings is 1. The van der Waals surface area contributed by atoms with Crippen molar-refractivity contribution in [3.63, 3.8) is 0 Å². The Morgan fingerprint density at radius 1 is 1.37 bits per heavy atom. The second-order valence-corrected chi connectivity index (χ2v) is 6.14. The number of hydrogen-bond acceptors (Lipinski definition) is 5. The number of rotatable bonds is 3. The Kier molecular flexibility index (Phi) is 3.57. The number of halogens is 1. The summed E-state index contributed by atoms with van der Waals surface area (Å²) in [6.45, 7) is -0.321. The molecule has 1 heterocycles. The molecule has 0 amide bonds. The van der Waals surface area contributed by atoms with E-state index in [1.807, 2.05) is 0 Å². The number of nitrogens with zero attached hydrogens (tertiary/aromatic N) is 1. The van der Waals surface area contributed by atoms with Gasteiger partial charge in [-0.3, -0.25) is 0 Å². The Morgan fingerprint density at radius 3 is 2.47 bits per heavy atom. The van der Waals surface area contributed by atoms with Gasteiger partial charge in [0, 0.05) is 6.54 Å². The summed E-state index contributed by atoms with van der Waals surface area (Å²) in [5.41, 5.74) is 0. The number of carboxylic acids is 1. The van der Waals surface area contributed by atoms with Crippen molar-refractivity contribution in [1.29, 1.82) is 0 Å². The van der Waals surface area contributed by atoms with Gasteiger partial charge in [0.05, 0.1) is 23.0 Å². The molecule has 0 aliphatic carbocycles. The smallest absolute Gasteiger partial charge is 0.243 e. The zero-order valence-corrected chi connectivity index (χ0v) is 10.5. The van der Waals surface area contributed by atoms with Gasteiger partial charge in [-0.25, -0.2) is 12.8 Å². The molecular formula is C11H11FNO5S-. The van der Waals surface area contributed by atoms with Crippen LogP contribution >= 0.6 is 0 Å². The lowest BCUT2D eigenvalue weighted by atomic mass is 10.2. The largest absolute Gasteiger partial charge is 0.548 e. The number of aliphatic carboxylic acids is 1. The molecule has 6 nitrogen and oxygen atoms in total. The second kappa shape index (κ2) is 4.87. The van der Waals surface area contributed by atoms with Gasteiger partial charge in [-0.1, -0.05) is 0 Å². The van der Waals surface area contributed by atoms with Crippen molar-refractivity contribution in [2.75, 3.05) is 6.54 Å². The van der Waals surface area contributed by atoms with Gasteiger partial charge >= 0.3 is 0 Å². The fourth-order valence-electron chi connectivity index (χ4n) is 2.01. The van der Waals surface area contributed by atoms with E-state index in [9.17, 15) is 27.8 Å². The van der Waals surface area contributed by atoms with Crippen LogP contribution in [0.5, 0.6) is 0 Å². The number of sulfonamides is 1. The Morgan fingerprint density at radius 2 is 1.95 bits per heavy atom. The molecule has 1 N–H and O–H groups in total. The third-order valence-corrected chi connectivity index (χ3v) is 4.81. The van der Waals surface area contributed by atoms with Crippen LogP contribution in [0.1, 0.15) is 6.42 Å². The van der Waals surface area contributed by atoms with Crippen LogP contribution in [0, 0.1) is 5.82 Å². The summed E-state index contributed by atoms with van der Waals surface area (Å²) in [4.78, 5) is 10.7. The molecule has 8 heteroatoms. The fourth-order valence-corrected chi connectivity index (χ4v) is 3.63. The number of aliphatic hydroxyl groups excluding tert-OH is 1. The van der Waals surface area contributed by atoms with E-state index in [0.29, 0.717) is 4.31 Å². The van der Waals surface area contributed by atoms with E-state index in [1.165, 1.54) is 0 Å². The lowest BCUT2D eigenvalue weighted by molar-refractivity contribution is -0.309. The van der Waals surface area contributed by atoms with Crippen molar-refractivity contribution in [3.8, 4) is 0 Å². The normalized spacial score (nSPS) is 24.5. The highest BCUT2D eigenvalue weighted by atomic mass is 32.2. The van der Waals surface area contributed by atoms with Crippen molar-refractivity contribution in [3.05, 3.63) is 30.1 Å². The second-order valence-electron chi connectivity index (χ2n) is 4.25. The Balaban J connectivity index is 2.38. The number of carboxylic acid groups (broad SMARTS) is 1. The lowest BCUT2D eigenvalue weighted by Crippen LogP contribution is -2.46. The molecule has 104 valence electrons. The molecule has 19 heavy (non-hydrogen) atoms. The zero-order valence-electron chi connectivity index (χ0n) is 9.69. The minimum atomic E-state index is -4.10. The third-order valence-electron chi connectivity index (χ3n) is 2.93. The van der Waals surface area contributed by atoms with Crippen molar-refractivity contribution in [1.82, 2.24) is 4.31 Å². The molecule has 0 unspecified atom stereocenters. The molecule has 0 bridgehead atoms. The summed E-state index contributed by atoms with van der Waals surface area (Å²) in [5.74, 6) is -2.17. The highest BCUT2D eigenvalue weighted by molar-refractivity contribution is 7.89. The number of β-amino-alcohol motifs (C(OH)–C–C–N with tert-alkyl or cyclic N) is 1. The molecule has 1 saturated heterocycles. The van der Waals surface area contributed by atoms with Crippen LogP contribution in [0.2, 0.25) is 0 Å². The summed E-state index contributed by atoms with van der Waals surface area (Å²) in [6.07, 6.45) is -1.28. The van der Waals surface area contributed by atoms with Gasteiger partial charge < -0.3 is 15.0 Å². The first-order valence-corrected chi connectivity index (χ1v) is 6.92. The summed E-state index contributed by atoms with van der Waals surface area (Å²) >= 11 is 0. The molecule has 2 rings (SSSR count). The van der Waals surface area contributed by atoms with Crippen molar-refractivity contribution < 1.29 is 27.8 Å². The van der Waals surface area contributed by atoms with E-state index < -0.39 is 34.0 Å². The van der Waals surface area contributed by atoms with E-state index in [-0.39, 0.29) is 17.9 Å². The SMILES string of the molecule is O=C([O-])[C@@H]1C[C@@H](O)CN1S(=O)(=O)c1ccc(F)cc1. The quantitative estimate of drug-likeness (QED) is 0.745. The molecule has 0 saturated carbocycles. The van der Waals surface area contributed by atoms with Crippen LogP contribution in [0.15, 0.2) is 29.2 Å². The first kappa shape index (κ1) is 13.9. The Bertz CT molecular complexity index is 586. The van der Waals surface area contributed by atoms with Gasteiger partial charge in [-0.05, 0) is 30.7 Å². The van der Waals surface area contributed by atoms with Gasteiger partial charge in [0.1, 0.15) is 5.82 Å². The predicted molar refractivity (Wildman–Crippen MR) is 59.7 cm³/mol. The maximum absolute atomic E-state index is 12.8. The van der Waals surface area contributed by atoms with E-state index in [1.54, 1.807) is 0 Å². The standard InChI is InChI=1S/C11H12FNO5S/c12-7-1-3-9(4-2-7)19(17,18)13-6-8(14)5-10(13)11(15)16/h1-4,8,10,14H,5-6H2,(H,15,16)/p-1/t8-,10+/m1/s1. The summed E-state index contributed by atoms with van der Waals surface area (Å²) in [5, 5.41) is 20.3. The highest BCUT2D eigenvalue weighted by Crippen LogP contribution is 2.26. The number of hydrogen-bond donors (Lipinski definition) is 1. The number of carbonyl (C=O) groups is 1. The molecule has 0 aromatic heterocycles. The van der Waals surface area contributed by atoms with Crippen molar-refractivity contribution >= 4 is 16.0 Å². The van der Waals surface area contributed by atoms with Crippen molar-refractivity contribution in [2.24, 2.45) is 0 Å². The van der Waals surface area contributed by atoms with E-state index in [0.717, 1.165) is 24.3 Å².